The van der Waals surface area contributed by atoms with Crippen molar-refractivity contribution in [1.82, 2.24) is 5.32 Å². The summed E-state index contributed by atoms with van der Waals surface area (Å²) in [4.78, 5) is 11.6. The van der Waals surface area contributed by atoms with Crippen molar-refractivity contribution >= 4 is 24.0 Å². The molecule has 102 valence electrons. The second-order valence-corrected chi connectivity index (χ2v) is 5.58. The Labute approximate surface area is 116 Å². The molecule has 1 rings (SSSR count). The molecule has 1 aromatic rings. The first-order valence-electron chi connectivity index (χ1n) is 5.98. The number of hydrogen-bond donors (Lipinski definition) is 2. The lowest BCUT2D eigenvalue weighted by Crippen LogP contribution is -2.28. The summed E-state index contributed by atoms with van der Waals surface area (Å²) >= 11 is 0. The number of amides is 1. The van der Waals surface area contributed by atoms with E-state index in [1.54, 1.807) is 0 Å². The third-order valence-electron chi connectivity index (χ3n) is 2.54. The van der Waals surface area contributed by atoms with Crippen LogP contribution < -0.4 is 11.1 Å². The highest BCUT2D eigenvalue weighted by atomic mass is 35.5. The molecule has 1 amide bonds. The largest absolute Gasteiger partial charge is 0.399 e. The Kier molecular flexibility index (Phi) is 6.77. The fourth-order valence-electron chi connectivity index (χ4n) is 1.46. The first kappa shape index (κ1) is 16.8. The topological polar surface area (TPSA) is 55.1 Å². The molecule has 3 nitrogen and oxygen atoms in total. The molecule has 0 heterocycles. The first-order chi connectivity index (χ1) is 7.87. The maximum Gasteiger partial charge on any atom is 0.224 e. The molecular weight excluding hydrogens is 248 g/mol. The molecule has 0 atom stereocenters. The molecule has 0 fully saturated rings. The summed E-state index contributed by atoms with van der Waals surface area (Å²) < 4.78 is 0. The molecule has 4 heteroatoms. The summed E-state index contributed by atoms with van der Waals surface area (Å²) in [6.45, 7) is 7.23. The van der Waals surface area contributed by atoms with Crippen LogP contribution in [0.15, 0.2) is 24.3 Å². The predicted molar refractivity (Wildman–Crippen MR) is 78.9 cm³/mol. The zero-order valence-corrected chi connectivity index (χ0v) is 12.1. The van der Waals surface area contributed by atoms with E-state index in [2.05, 4.69) is 26.1 Å². The predicted octanol–water partition coefficient (Wildman–Crippen LogP) is 2.79. The monoisotopic (exact) mass is 270 g/mol. The van der Waals surface area contributed by atoms with Crippen molar-refractivity contribution in [3.05, 3.63) is 29.8 Å². The minimum absolute atomic E-state index is 0. The maximum absolute atomic E-state index is 11.6. The van der Waals surface area contributed by atoms with E-state index in [9.17, 15) is 4.79 Å². The summed E-state index contributed by atoms with van der Waals surface area (Å²) in [5, 5.41) is 2.93. The fourth-order valence-corrected chi connectivity index (χ4v) is 1.46. The molecule has 0 spiro atoms. The summed E-state index contributed by atoms with van der Waals surface area (Å²) in [7, 11) is 0. The summed E-state index contributed by atoms with van der Waals surface area (Å²) in [6.07, 6.45) is 1.41. The number of hydrogen-bond acceptors (Lipinski definition) is 2. The zero-order chi connectivity index (χ0) is 12.9. The number of nitrogen functional groups attached to an aromatic ring is 1. The number of nitrogens with one attached hydrogen (secondary N) is 1. The number of halogens is 1. The molecule has 0 aromatic heterocycles. The van der Waals surface area contributed by atoms with Gasteiger partial charge in [0.2, 0.25) is 5.91 Å². The van der Waals surface area contributed by atoms with Gasteiger partial charge < -0.3 is 11.1 Å². The van der Waals surface area contributed by atoms with E-state index in [4.69, 9.17) is 5.73 Å². The van der Waals surface area contributed by atoms with Gasteiger partial charge in [0.05, 0.1) is 6.42 Å². The van der Waals surface area contributed by atoms with Crippen molar-refractivity contribution in [3.63, 3.8) is 0 Å². The van der Waals surface area contributed by atoms with Gasteiger partial charge in [0.1, 0.15) is 0 Å². The highest BCUT2D eigenvalue weighted by Crippen LogP contribution is 2.16. The van der Waals surface area contributed by atoms with E-state index in [1.165, 1.54) is 0 Å². The number of anilines is 1. The molecule has 0 aliphatic carbocycles. The van der Waals surface area contributed by atoms with Gasteiger partial charge in [-0.15, -0.1) is 12.4 Å². The van der Waals surface area contributed by atoms with Crippen LogP contribution in [0.4, 0.5) is 5.69 Å². The minimum atomic E-state index is 0. The van der Waals surface area contributed by atoms with E-state index in [0.29, 0.717) is 6.42 Å². The van der Waals surface area contributed by atoms with Crippen LogP contribution >= 0.6 is 12.4 Å². The average Bonchev–Trinajstić information content (AvgIpc) is 2.19. The van der Waals surface area contributed by atoms with Crippen molar-refractivity contribution in [2.75, 3.05) is 12.3 Å². The van der Waals surface area contributed by atoms with Gasteiger partial charge in [-0.1, -0.05) is 32.9 Å². The third kappa shape index (κ3) is 7.17. The van der Waals surface area contributed by atoms with Crippen molar-refractivity contribution in [3.8, 4) is 0 Å². The lowest BCUT2D eigenvalue weighted by atomic mass is 9.92. The smallest absolute Gasteiger partial charge is 0.224 e. The number of nitrogens with two attached hydrogens (primary N) is 1. The van der Waals surface area contributed by atoms with Gasteiger partial charge in [-0.05, 0) is 29.5 Å². The van der Waals surface area contributed by atoms with Crippen LogP contribution in [0.3, 0.4) is 0 Å². The van der Waals surface area contributed by atoms with Crippen LogP contribution in [0.2, 0.25) is 0 Å². The third-order valence-corrected chi connectivity index (χ3v) is 2.54. The van der Waals surface area contributed by atoms with Crippen molar-refractivity contribution in [2.24, 2.45) is 5.41 Å². The Hall–Kier alpha value is -1.22. The van der Waals surface area contributed by atoms with E-state index >= 15 is 0 Å². The molecule has 3 N–H and O–H groups in total. The van der Waals surface area contributed by atoms with Crippen molar-refractivity contribution < 1.29 is 4.79 Å². The fraction of sp³-hybridized carbons (Fsp3) is 0.500. The van der Waals surface area contributed by atoms with Gasteiger partial charge in [-0.2, -0.15) is 0 Å². The van der Waals surface area contributed by atoms with Crippen molar-refractivity contribution in [1.29, 1.82) is 0 Å². The number of carbonyl (C=O) groups is 1. The average molecular weight is 271 g/mol. The second kappa shape index (κ2) is 7.27. The SMILES string of the molecule is CC(C)(C)CCNC(=O)Cc1ccc(N)cc1.Cl. The summed E-state index contributed by atoms with van der Waals surface area (Å²) in [5.41, 5.74) is 7.56. The molecule has 0 radical (unpaired) electrons. The van der Waals surface area contributed by atoms with Gasteiger partial charge in [0.15, 0.2) is 0 Å². The van der Waals surface area contributed by atoms with E-state index < -0.39 is 0 Å². The quantitative estimate of drug-likeness (QED) is 0.827. The molecule has 0 aliphatic rings. The Morgan fingerprint density at radius 2 is 1.78 bits per heavy atom. The number of rotatable bonds is 4. The molecule has 0 saturated heterocycles. The Bertz CT molecular complexity index is 368. The molecule has 0 saturated carbocycles. The highest BCUT2D eigenvalue weighted by Gasteiger charge is 2.10. The number of benzene rings is 1. The Balaban J connectivity index is 0.00000289. The van der Waals surface area contributed by atoms with Crippen LogP contribution in [0, 0.1) is 5.41 Å². The van der Waals surface area contributed by atoms with Gasteiger partial charge in [0, 0.05) is 12.2 Å². The van der Waals surface area contributed by atoms with Crippen LogP contribution in [0.5, 0.6) is 0 Å². The number of carbonyl (C=O) groups excluding carboxylic acids is 1. The first-order valence-corrected chi connectivity index (χ1v) is 5.98. The van der Waals surface area contributed by atoms with Crippen molar-refractivity contribution in [2.45, 2.75) is 33.6 Å². The summed E-state index contributed by atoms with van der Waals surface area (Å²) in [6, 6.07) is 7.41. The molecule has 18 heavy (non-hydrogen) atoms. The van der Waals surface area contributed by atoms with Gasteiger partial charge in [-0.25, -0.2) is 0 Å². The van der Waals surface area contributed by atoms with Crippen LogP contribution in [-0.4, -0.2) is 12.5 Å². The van der Waals surface area contributed by atoms with Gasteiger partial charge in [0.25, 0.3) is 0 Å². The Morgan fingerprint density at radius 1 is 1.22 bits per heavy atom. The minimum Gasteiger partial charge on any atom is -0.399 e. The Morgan fingerprint density at radius 3 is 2.28 bits per heavy atom. The lowest BCUT2D eigenvalue weighted by molar-refractivity contribution is -0.120. The molecule has 0 aliphatic heterocycles. The lowest BCUT2D eigenvalue weighted by Gasteiger charge is -2.18. The molecule has 0 bridgehead atoms. The standard InChI is InChI=1S/C14H22N2O.ClH/c1-14(2,3)8-9-16-13(17)10-11-4-6-12(15)7-5-11;/h4-7H,8-10,15H2,1-3H3,(H,16,17);1H. The molecule has 1 aromatic carbocycles. The van der Waals surface area contributed by atoms with Crippen LogP contribution in [0.1, 0.15) is 32.8 Å². The summed E-state index contributed by atoms with van der Waals surface area (Å²) in [5.74, 6) is 0.0685. The van der Waals surface area contributed by atoms with E-state index in [1.807, 2.05) is 24.3 Å². The zero-order valence-electron chi connectivity index (χ0n) is 11.3. The van der Waals surface area contributed by atoms with Crippen LogP contribution in [-0.2, 0) is 11.2 Å². The normalized spacial score (nSPS) is 10.6. The van der Waals surface area contributed by atoms with Gasteiger partial charge in [-0.3, -0.25) is 4.79 Å². The highest BCUT2D eigenvalue weighted by molar-refractivity contribution is 5.85. The van der Waals surface area contributed by atoms with E-state index in [-0.39, 0.29) is 23.7 Å². The molecule has 0 unspecified atom stereocenters. The van der Waals surface area contributed by atoms with Gasteiger partial charge >= 0.3 is 0 Å². The maximum atomic E-state index is 11.6. The molecular formula is C14H23ClN2O. The van der Waals surface area contributed by atoms with E-state index in [0.717, 1.165) is 24.2 Å². The van der Waals surface area contributed by atoms with Crippen LogP contribution in [0.25, 0.3) is 0 Å². The second-order valence-electron chi connectivity index (χ2n) is 5.58.